The number of carbonyl (C=O) groups excluding carboxylic acids is 1. The Morgan fingerprint density at radius 1 is 1.38 bits per heavy atom. The van der Waals surface area contributed by atoms with E-state index in [4.69, 9.17) is 4.74 Å². The second kappa shape index (κ2) is 6.31. The molecule has 0 saturated heterocycles. The van der Waals surface area contributed by atoms with Crippen molar-refractivity contribution in [2.45, 2.75) is 32.9 Å². The molecule has 0 aromatic heterocycles. The molecule has 0 unspecified atom stereocenters. The third-order valence-corrected chi connectivity index (χ3v) is 3.87. The third-order valence-electron chi connectivity index (χ3n) is 2.95. The molecule has 0 bridgehead atoms. The molecule has 1 aliphatic rings. The molecule has 116 valence electrons. The number of fused-ring (bicyclic) bond motifs is 1. The van der Waals surface area contributed by atoms with Crippen molar-refractivity contribution in [3.05, 3.63) is 29.3 Å². The number of rotatable bonds is 4. The van der Waals surface area contributed by atoms with E-state index in [1.165, 1.54) is 0 Å². The van der Waals surface area contributed by atoms with Gasteiger partial charge in [-0.25, -0.2) is 9.52 Å². The van der Waals surface area contributed by atoms with Crippen LogP contribution in [0.25, 0.3) is 0 Å². The molecular weight excluding hydrogens is 294 g/mol. The molecule has 0 fully saturated rings. The highest BCUT2D eigenvalue weighted by Gasteiger charge is 2.19. The van der Waals surface area contributed by atoms with Crippen LogP contribution < -0.4 is 14.8 Å². The highest BCUT2D eigenvalue weighted by Crippen LogP contribution is 2.23. The van der Waals surface area contributed by atoms with Gasteiger partial charge in [0.25, 0.3) is 0 Å². The van der Waals surface area contributed by atoms with Crippen molar-refractivity contribution in [1.29, 1.82) is 0 Å². The van der Waals surface area contributed by atoms with Gasteiger partial charge in [-0.3, -0.25) is 4.72 Å². The minimum atomic E-state index is -4.02. The molecule has 2 rings (SSSR count). The van der Waals surface area contributed by atoms with Gasteiger partial charge in [0.15, 0.2) is 0 Å². The zero-order valence-corrected chi connectivity index (χ0v) is 12.8. The van der Waals surface area contributed by atoms with E-state index in [1.807, 2.05) is 10.8 Å². The SMILES string of the molecule is CC(C)OC(=O)NS(=O)(=O)Nc1cccc2c1CNCC2. The highest BCUT2D eigenvalue weighted by atomic mass is 32.2. The lowest BCUT2D eigenvalue weighted by Gasteiger charge is -2.21. The molecular formula is C13H19N3O4S. The molecule has 0 atom stereocenters. The van der Waals surface area contributed by atoms with Crippen LogP contribution in [0, 0.1) is 0 Å². The van der Waals surface area contributed by atoms with Crippen LogP contribution in [-0.2, 0) is 27.9 Å². The smallest absolute Gasteiger partial charge is 0.422 e. The predicted octanol–water partition coefficient (Wildman–Crippen LogP) is 1.12. The van der Waals surface area contributed by atoms with Crippen molar-refractivity contribution in [1.82, 2.24) is 10.0 Å². The van der Waals surface area contributed by atoms with Crippen LogP contribution in [-0.4, -0.2) is 27.2 Å². The fourth-order valence-corrected chi connectivity index (χ4v) is 2.93. The molecule has 1 aliphatic heterocycles. The molecule has 21 heavy (non-hydrogen) atoms. The lowest BCUT2D eigenvalue weighted by Crippen LogP contribution is -2.37. The monoisotopic (exact) mass is 313 g/mol. The van der Waals surface area contributed by atoms with Crippen LogP contribution in [0.3, 0.4) is 0 Å². The maximum absolute atomic E-state index is 11.9. The van der Waals surface area contributed by atoms with E-state index in [1.54, 1.807) is 26.0 Å². The molecule has 0 spiro atoms. The lowest BCUT2D eigenvalue weighted by molar-refractivity contribution is 0.121. The number of ether oxygens (including phenoxy) is 1. The van der Waals surface area contributed by atoms with Crippen molar-refractivity contribution in [3.8, 4) is 0 Å². The molecule has 3 N–H and O–H groups in total. The van der Waals surface area contributed by atoms with E-state index < -0.39 is 22.4 Å². The Balaban J connectivity index is 2.12. The third kappa shape index (κ3) is 4.33. The number of hydrogen-bond acceptors (Lipinski definition) is 5. The van der Waals surface area contributed by atoms with Gasteiger partial charge in [0.2, 0.25) is 0 Å². The predicted molar refractivity (Wildman–Crippen MR) is 79.1 cm³/mol. The Bertz CT molecular complexity index is 628. The molecule has 1 amide bonds. The molecule has 1 heterocycles. The van der Waals surface area contributed by atoms with Crippen LogP contribution in [0.1, 0.15) is 25.0 Å². The molecule has 8 heteroatoms. The first-order valence-electron chi connectivity index (χ1n) is 6.70. The molecule has 1 aromatic carbocycles. The second-order valence-corrected chi connectivity index (χ2v) is 6.45. The fraction of sp³-hybridized carbons (Fsp3) is 0.462. The van der Waals surface area contributed by atoms with Crippen LogP contribution >= 0.6 is 0 Å². The summed E-state index contributed by atoms with van der Waals surface area (Å²) in [5.74, 6) is 0. The van der Waals surface area contributed by atoms with Gasteiger partial charge < -0.3 is 10.1 Å². The minimum Gasteiger partial charge on any atom is -0.446 e. The van der Waals surface area contributed by atoms with Crippen molar-refractivity contribution >= 4 is 22.0 Å². The first kappa shape index (κ1) is 15.6. The summed E-state index contributed by atoms with van der Waals surface area (Å²) in [4.78, 5) is 11.4. The number of benzene rings is 1. The van der Waals surface area contributed by atoms with E-state index >= 15 is 0 Å². The standard InChI is InChI=1S/C13H19N3O4S/c1-9(2)20-13(17)16-21(18,19)15-12-5-3-4-10-6-7-14-8-11(10)12/h3-5,9,14-15H,6-8H2,1-2H3,(H,16,17). The molecule has 0 aliphatic carbocycles. The van der Waals surface area contributed by atoms with Crippen molar-refractivity contribution in [2.75, 3.05) is 11.3 Å². The highest BCUT2D eigenvalue weighted by molar-refractivity contribution is 7.91. The van der Waals surface area contributed by atoms with Gasteiger partial charge in [0.1, 0.15) is 0 Å². The van der Waals surface area contributed by atoms with Crippen molar-refractivity contribution in [3.63, 3.8) is 0 Å². The van der Waals surface area contributed by atoms with Crippen LogP contribution in [0.5, 0.6) is 0 Å². The molecule has 1 aromatic rings. The molecule has 7 nitrogen and oxygen atoms in total. The van der Waals surface area contributed by atoms with Crippen molar-refractivity contribution < 1.29 is 17.9 Å². The van der Waals surface area contributed by atoms with Gasteiger partial charge >= 0.3 is 16.3 Å². The summed E-state index contributed by atoms with van der Waals surface area (Å²) in [5, 5.41) is 3.19. The van der Waals surface area contributed by atoms with E-state index in [2.05, 4.69) is 10.0 Å². The van der Waals surface area contributed by atoms with Crippen LogP contribution in [0.2, 0.25) is 0 Å². The van der Waals surface area contributed by atoms with E-state index in [-0.39, 0.29) is 0 Å². The van der Waals surface area contributed by atoms with Crippen molar-refractivity contribution in [2.24, 2.45) is 0 Å². The molecule has 0 saturated carbocycles. The maximum atomic E-state index is 11.9. The summed E-state index contributed by atoms with van der Waals surface area (Å²) in [7, 11) is -4.02. The van der Waals surface area contributed by atoms with Crippen LogP contribution in [0.15, 0.2) is 18.2 Å². The Kier molecular flexibility index (Phi) is 4.69. The summed E-state index contributed by atoms with van der Waals surface area (Å²) >= 11 is 0. The van der Waals surface area contributed by atoms with E-state index in [0.717, 1.165) is 24.1 Å². The first-order valence-corrected chi connectivity index (χ1v) is 8.18. The minimum absolute atomic E-state index is 0.395. The fourth-order valence-electron chi connectivity index (χ4n) is 2.13. The summed E-state index contributed by atoms with van der Waals surface area (Å²) in [6.07, 6.45) is -0.553. The Morgan fingerprint density at radius 3 is 2.86 bits per heavy atom. The summed E-state index contributed by atoms with van der Waals surface area (Å²) < 4.78 is 32.8. The van der Waals surface area contributed by atoms with Gasteiger partial charge in [-0.05, 0) is 44.0 Å². The lowest BCUT2D eigenvalue weighted by atomic mass is 10.00. The average molecular weight is 313 g/mol. The Hall–Kier alpha value is -1.80. The molecule has 0 radical (unpaired) electrons. The number of nitrogens with one attached hydrogen (secondary N) is 3. The normalized spacial score (nSPS) is 14.4. The summed E-state index contributed by atoms with van der Waals surface area (Å²) in [5.41, 5.74) is 2.45. The topological polar surface area (TPSA) is 96.5 Å². The van der Waals surface area contributed by atoms with E-state index in [9.17, 15) is 13.2 Å². The first-order chi connectivity index (χ1) is 9.87. The van der Waals surface area contributed by atoms with Gasteiger partial charge in [0.05, 0.1) is 11.8 Å². The zero-order valence-electron chi connectivity index (χ0n) is 12.0. The summed E-state index contributed by atoms with van der Waals surface area (Å²) in [6.45, 7) is 4.73. The van der Waals surface area contributed by atoms with Gasteiger partial charge in [0, 0.05) is 6.54 Å². The Labute approximate surface area is 124 Å². The maximum Gasteiger partial charge on any atom is 0.422 e. The number of hydrogen-bond donors (Lipinski definition) is 3. The quantitative estimate of drug-likeness (QED) is 0.774. The number of amides is 1. The van der Waals surface area contributed by atoms with Gasteiger partial charge in [-0.2, -0.15) is 8.42 Å². The van der Waals surface area contributed by atoms with Crippen LogP contribution in [0.4, 0.5) is 10.5 Å². The second-order valence-electron chi connectivity index (χ2n) is 5.03. The summed E-state index contributed by atoms with van der Waals surface area (Å²) in [6, 6.07) is 5.42. The van der Waals surface area contributed by atoms with Gasteiger partial charge in [-0.15, -0.1) is 0 Å². The number of carbonyl (C=O) groups is 1. The van der Waals surface area contributed by atoms with Gasteiger partial charge in [-0.1, -0.05) is 12.1 Å². The average Bonchev–Trinajstić information content (AvgIpc) is 2.37. The largest absolute Gasteiger partial charge is 0.446 e. The zero-order chi connectivity index (χ0) is 15.5. The van der Waals surface area contributed by atoms with E-state index in [0.29, 0.717) is 12.2 Å². The number of anilines is 1. The Morgan fingerprint density at radius 2 is 2.14 bits per heavy atom.